The van der Waals surface area contributed by atoms with Crippen molar-refractivity contribution in [3.8, 4) is 11.3 Å². The number of H-pyrrole nitrogens is 1. The van der Waals surface area contributed by atoms with Gasteiger partial charge in [0.1, 0.15) is 17.2 Å². The van der Waals surface area contributed by atoms with Crippen LogP contribution in [0.4, 0.5) is 8.63 Å². The maximum absolute atomic E-state index is 15.1. The van der Waals surface area contributed by atoms with Crippen molar-refractivity contribution in [2.45, 2.75) is 53.4 Å². The van der Waals surface area contributed by atoms with E-state index in [1.807, 2.05) is 74.5 Å². The number of hydrogen-bond acceptors (Lipinski definition) is 3. The van der Waals surface area contributed by atoms with Gasteiger partial charge in [0.2, 0.25) is 0 Å². The van der Waals surface area contributed by atoms with Crippen molar-refractivity contribution < 1.29 is 17.9 Å². The third kappa shape index (κ3) is 4.62. The average Bonchev–Trinajstić information content (AvgIpc) is 3.51. The van der Waals surface area contributed by atoms with Crippen molar-refractivity contribution in [2.75, 3.05) is 0 Å². The first kappa shape index (κ1) is 25.8. The number of aliphatic imine (C=N–C) groups is 1. The highest BCUT2D eigenvalue weighted by atomic mass is 19.3. The Morgan fingerprint density at radius 1 is 0.711 bits per heavy atom. The summed E-state index contributed by atoms with van der Waals surface area (Å²) in [6.45, 7) is 8.18. The molecule has 0 fully saturated rings. The SMILES string of the molecule is CCC1=C(CC)/C(=C2\C=C(c3[nH]c(-c4ccccc4)c(CC)c3CC)O[B-](F)(F)O2)N=C1c1ccccc1. The van der Waals surface area contributed by atoms with Crippen LogP contribution in [0.15, 0.2) is 94.3 Å². The van der Waals surface area contributed by atoms with Gasteiger partial charge in [0, 0.05) is 17.3 Å². The van der Waals surface area contributed by atoms with Crippen LogP contribution in [0.5, 0.6) is 0 Å². The van der Waals surface area contributed by atoms with E-state index in [9.17, 15) is 0 Å². The number of nitrogens with zero attached hydrogens (tertiary/aromatic N) is 1. The van der Waals surface area contributed by atoms with Gasteiger partial charge in [-0.15, -0.1) is 0 Å². The zero-order valence-electron chi connectivity index (χ0n) is 22.3. The molecule has 0 spiro atoms. The highest BCUT2D eigenvalue weighted by molar-refractivity contribution is 6.53. The second kappa shape index (κ2) is 10.5. The van der Waals surface area contributed by atoms with E-state index in [-0.39, 0.29) is 11.5 Å². The third-order valence-corrected chi connectivity index (χ3v) is 7.17. The van der Waals surface area contributed by atoms with Crippen molar-refractivity contribution in [3.05, 3.63) is 112 Å². The summed E-state index contributed by atoms with van der Waals surface area (Å²) in [6.07, 6.45) is 4.39. The van der Waals surface area contributed by atoms with Crippen molar-refractivity contribution in [2.24, 2.45) is 4.99 Å². The van der Waals surface area contributed by atoms with Crippen LogP contribution in [-0.2, 0) is 22.2 Å². The van der Waals surface area contributed by atoms with E-state index in [2.05, 4.69) is 18.8 Å². The Balaban J connectivity index is 1.70. The number of aromatic nitrogens is 1. The minimum absolute atomic E-state index is 0.0425. The quantitative estimate of drug-likeness (QED) is 0.323. The molecule has 7 heteroatoms. The third-order valence-electron chi connectivity index (χ3n) is 7.17. The molecule has 0 saturated heterocycles. The van der Waals surface area contributed by atoms with Crippen molar-refractivity contribution in [1.29, 1.82) is 0 Å². The van der Waals surface area contributed by atoms with Gasteiger partial charge < -0.3 is 22.9 Å². The maximum atomic E-state index is 15.1. The van der Waals surface area contributed by atoms with Gasteiger partial charge in [0.25, 0.3) is 0 Å². The molecule has 0 saturated carbocycles. The second-order valence-corrected chi connectivity index (χ2v) is 9.39. The Labute approximate surface area is 222 Å². The van der Waals surface area contributed by atoms with Gasteiger partial charge in [-0.3, -0.25) is 0 Å². The van der Waals surface area contributed by atoms with Crippen molar-refractivity contribution in [1.82, 2.24) is 4.98 Å². The highest BCUT2D eigenvalue weighted by Gasteiger charge is 2.41. The lowest BCUT2D eigenvalue weighted by Crippen LogP contribution is -2.34. The van der Waals surface area contributed by atoms with Crippen LogP contribution in [0.3, 0.4) is 0 Å². The van der Waals surface area contributed by atoms with Gasteiger partial charge in [0.05, 0.1) is 11.4 Å². The normalized spacial score (nSPS) is 18.7. The van der Waals surface area contributed by atoms with Gasteiger partial charge in [-0.25, -0.2) is 4.99 Å². The molecule has 2 aliphatic rings. The van der Waals surface area contributed by atoms with Gasteiger partial charge in [-0.2, -0.15) is 0 Å². The Morgan fingerprint density at radius 3 is 1.87 bits per heavy atom. The number of allylic oxidation sites excluding steroid dienone is 3. The lowest BCUT2D eigenvalue weighted by molar-refractivity contribution is 0.171. The molecule has 5 rings (SSSR count). The van der Waals surface area contributed by atoms with E-state index in [1.54, 1.807) is 6.08 Å². The molecular weight excluding hydrogens is 481 g/mol. The monoisotopic (exact) mass is 513 g/mol. The molecule has 0 atom stereocenters. The van der Waals surface area contributed by atoms with Crippen LogP contribution in [0, 0.1) is 0 Å². The first-order valence-electron chi connectivity index (χ1n) is 13.4. The van der Waals surface area contributed by atoms with Crippen molar-refractivity contribution in [3.63, 3.8) is 0 Å². The average molecular weight is 513 g/mol. The lowest BCUT2D eigenvalue weighted by atomic mass is 9.95. The molecule has 196 valence electrons. The molecule has 38 heavy (non-hydrogen) atoms. The Kier molecular flexibility index (Phi) is 7.11. The predicted molar refractivity (Wildman–Crippen MR) is 151 cm³/mol. The van der Waals surface area contributed by atoms with E-state index >= 15 is 8.63 Å². The molecule has 0 unspecified atom stereocenters. The zero-order chi connectivity index (χ0) is 26.9. The standard InChI is InChI=1S/C31H32BF2N2O2/c1-5-22-24(7-3)30(35-28(22)20-15-11-9-12-16-20)26-19-27(38-32(33,34)37-26)31-25(8-4)23(6-2)29(36-31)21-17-13-10-14-18-21/h9-19,35H,5-8H2,1-4H3/q-1/b31-27-. The van der Waals surface area contributed by atoms with Crippen LogP contribution in [0.1, 0.15) is 62.9 Å². The molecular formula is C31H32BF2N2O2-. The highest BCUT2D eigenvalue weighted by Crippen LogP contribution is 2.42. The summed E-state index contributed by atoms with van der Waals surface area (Å²) >= 11 is 0. The zero-order valence-corrected chi connectivity index (χ0v) is 22.3. The molecule has 1 N–H and O–H groups in total. The predicted octanol–water partition coefficient (Wildman–Crippen LogP) is 8.40. The van der Waals surface area contributed by atoms with Gasteiger partial charge >= 0.3 is 7.11 Å². The summed E-state index contributed by atoms with van der Waals surface area (Å²) < 4.78 is 40.6. The summed E-state index contributed by atoms with van der Waals surface area (Å²) in [5, 5.41) is 0. The molecule has 1 aromatic heterocycles. The summed E-state index contributed by atoms with van der Waals surface area (Å²) in [4.78, 5) is 8.30. The molecule has 0 aliphatic carbocycles. The van der Waals surface area contributed by atoms with Gasteiger partial charge in [-0.05, 0) is 53.5 Å². The first-order chi connectivity index (χ1) is 18.4. The molecule has 0 amide bonds. The molecule has 3 aromatic rings. The molecule has 0 bridgehead atoms. The maximum Gasteiger partial charge on any atom is 0.726 e. The first-order valence-corrected chi connectivity index (χ1v) is 13.4. The Morgan fingerprint density at radius 2 is 1.29 bits per heavy atom. The lowest BCUT2D eigenvalue weighted by Gasteiger charge is -2.35. The number of hydrogen-bond donors (Lipinski definition) is 1. The smallest absolute Gasteiger partial charge is 0.626 e. The van der Waals surface area contributed by atoms with E-state index in [0.29, 0.717) is 24.2 Å². The fourth-order valence-electron chi connectivity index (χ4n) is 5.51. The van der Waals surface area contributed by atoms with Crippen LogP contribution in [0.2, 0.25) is 0 Å². The fraction of sp³-hybridized carbons (Fsp3) is 0.258. The van der Waals surface area contributed by atoms with E-state index in [0.717, 1.165) is 57.6 Å². The van der Waals surface area contributed by atoms with Crippen LogP contribution in [-0.4, -0.2) is 17.8 Å². The van der Waals surface area contributed by atoms with Crippen LogP contribution < -0.4 is 0 Å². The van der Waals surface area contributed by atoms with E-state index in [4.69, 9.17) is 14.3 Å². The molecule has 3 heterocycles. The largest absolute Gasteiger partial charge is 0.726 e. The topological polar surface area (TPSA) is 46.6 Å². The molecule has 4 nitrogen and oxygen atoms in total. The number of rotatable bonds is 7. The summed E-state index contributed by atoms with van der Waals surface area (Å²) in [6, 6.07) is 19.8. The minimum Gasteiger partial charge on any atom is -0.626 e. The Hall–Kier alpha value is -3.87. The molecule has 2 aromatic carbocycles. The van der Waals surface area contributed by atoms with Crippen molar-refractivity contribution >= 4 is 18.6 Å². The minimum atomic E-state index is -4.59. The van der Waals surface area contributed by atoms with Crippen LogP contribution >= 0.6 is 0 Å². The number of nitrogens with one attached hydrogen (secondary N) is 1. The fourth-order valence-corrected chi connectivity index (χ4v) is 5.51. The Bertz CT molecular complexity index is 1470. The molecule has 2 aliphatic heterocycles. The van der Waals surface area contributed by atoms with Crippen LogP contribution in [0.25, 0.3) is 17.0 Å². The number of benzene rings is 2. The van der Waals surface area contributed by atoms with E-state index < -0.39 is 7.11 Å². The summed E-state index contributed by atoms with van der Waals surface area (Å²) in [5.74, 6) is 0.121. The van der Waals surface area contributed by atoms with Gasteiger partial charge in [0.15, 0.2) is 0 Å². The summed E-state index contributed by atoms with van der Waals surface area (Å²) in [7, 11) is -4.59. The van der Waals surface area contributed by atoms with E-state index in [1.165, 1.54) is 0 Å². The number of aromatic amines is 1. The molecule has 0 radical (unpaired) electrons. The summed E-state index contributed by atoms with van der Waals surface area (Å²) in [5.41, 5.74) is 8.75. The number of halogens is 2. The second-order valence-electron chi connectivity index (χ2n) is 9.39. The van der Waals surface area contributed by atoms with Gasteiger partial charge in [-0.1, -0.05) is 88.4 Å².